The van der Waals surface area contributed by atoms with Gasteiger partial charge in [0.05, 0.1) is 0 Å². The zero-order valence-corrected chi connectivity index (χ0v) is 8.29. The van der Waals surface area contributed by atoms with E-state index in [-0.39, 0.29) is 0 Å². The first-order chi connectivity index (χ1) is 5.79. The van der Waals surface area contributed by atoms with E-state index < -0.39 is 0 Å². The average molecular weight is 181 g/mol. The normalized spacial score (nSPS) is 19.4. The summed E-state index contributed by atoms with van der Waals surface area (Å²) in [6.07, 6.45) is 3.90. The Labute approximate surface area is 77.8 Å². The van der Waals surface area contributed by atoms with Crippen LogP contribution in [0, 0.1) is 0 Å². The second kappa shape index (κ2) is 3.19. The van der Waals surface area contributed by atoms with Crippen molar-refractivity contribution >= 4 is 11.3 Å². The van der Waals surface area contributed by atoms with Crippen LogP contribution in [0.15, 0.2) is 16.8 Å². The SMILES string of the molecule is CC1(NCCc2ccsc2)CC1. The molecular formula is C10H15NS. The largest absolute Gasteiger partial charge is 0.311 e. The summed E-state index contributed by atoms with van der Waals surface area (Å²) in [7, 11) is 0. The average Bonchev–Trinajstić information content (AvgIpc) is 2.61. The molecule has 1 saturated carbocycles. The van der Waals surface area contributed by atoms with Gasteiger partial charge in [0.1, 0.15) is 0 Å². The van der Waals surface area contributed by atoms with Gasteiger partial charge in [-0.15, -0.1) is 0 Å². The van der Waals surface area contributed by atoms with Crippen molar-refractivity contribution in [2.75, 3.05) is 6.54 Å². The summed E-state index contributed by atoms with van der Waals surface area (Å²) in [5, 5.41) is 7.96. The van der Waals surface area contributed by atoms with Gasteiger partial charge >= 0.3 is 0 Å². The molecule has 1 aliphatic carbocycles. The third-order valence-electron chi connectivity index (χ3n) is 2.55. The molecule has 2 heteroatoms. The predicted molar refractivity (Wildman–Crippen MR) is 53.7 cm³/mol. The molecule has 1 N–H and O–H groups in total. The summed E-state index contributed by atoms with van der Waals surface area (Å²) in [4.78, 5) is 0. The maximum atomic E-state index is 3.58. The fourth-order valence-corrected chi connectivity index (χ4v) is 2.01. The minimum absolute atomic E-state index is 0.496. The Morgan fingerprint density at radius 1 is 1.58 bits per heavy atom. The monoisotopic (exact) mass is 181 g/mol. The Kier molecular flexibility index (Phi) is 2.20. The lowest BCUT2D eigenvalue weighted by atomic mass is 10.2. The van der Waals surface area contributed by atoms with Crippen LogP contribution in [-0.4, -0.2) is 12.1 Å². The number of nitrogens with one attached hydrogen (secondary N) is 1. The van der Waals surface area contributed by atoms with E-state index in [0.717, 1.165) is 6.54 Å². The maximum absolute atomic E-state index is 3.58. The molecule has 0 radical (unpaired) electrons. The van der Waals surface area contributed by atoms with Gasteiger partial charge in [-0.2, -0.15) is 11.3 Å². The van der Waals surface area contributed by atoms with E-state index in [4.69, 9.17) is 0 Å². The van der Waals surface area contributed by atoms with Gasteiger partial charge in [0.25, 0.3) is 0 Å². The smallest absolute Gasteiger partial charge is 0.0154 e. The van der Waals surface area contributed by atoms with Crippen molar-refractivity contribution in [3.8, 4) is 0 Å². The molecule has 2 rings (SSSR count). The Balaban J connectivity index is 1.69. The first-order valence-corrected chi connectivity index (χ1v) is 5.49. The van der Waals surface area contributed by atoms with Crippen LogP contribution in [0.4, 0.5) is 0 Å². The van der Waals surface area contributed by atoms with Crippen molar-refractivity contribution < 1.29 is 0 Å². The Morgan fingerprint density at radius 2 is 2.42 bits per heavy atom. The van der Waals surface area contributed by atoms with Crippen LogP contribution in [0.25, 0.3) is 0 Å². The highest BCUT2D eigenvalue weighted by Crippen LogP contribution is 2.33. The molecule has 12 heavy (non-hydrogen) atoms. The Hall–Kier alpha value is -0.340. The summed E-state index contributed by atoms with van der Waals surface area (Å²) in [6.45, 7) is 3.44. The van der Waals surface area contributed by atoms with Gasteiger partial charge in [0.15, 0.2) is 0 Å². The molecule has 0 atom stereocenters. The molecule has 0 aliphatic heterocycles. The Bertz CT molecular complexity index is 236. The molecule has 1 aromatic heterocycles. The molecule has 1 fully saturated rings. The van der Waals surface area contributed by atoms with Crippen molar-refractivity contribution in [2.45, 2.75) is 31.7 Å². The first kappa shape index (κ1) is 8.27. The molecule has 0 amide bonds. The summed E-state index contributed by atoms with van der Waals surface area (Å²) in [5.74, 6) is 0. The lowest BCUT2D eigenvalue weighted by Crippen LogP contribution is -2.29. The number of rotatable bonds is 4. The molecule has 0 aromatic carbocycles. The van der Waals surface area contributed by atoms with Gasteiger partial charge in [-0.25, -0.2) is 0 Å². The third kappa shape index (κ3) is 2.08. The molecule has 0 saturated heterocycles. The lowest BCUT2D eigenvalue weighted by Gasteiger charge is -2.09. The van der Waals surface area contributed by atoms with Crippen molar-refractivity contribution in [1.82, 2.24) is 5.32 Å². The van der Waals surface area contributed by atoms with E-state index in [0.29, 0.717) is 5.54 Å². The van der Waals surface area contributed by atoms with Gasteiger partial charge in [-0.05, 0) is 55.1 Å². The van der Waals surface area contributed by atoms with Gasteiger partial charge in [-0.3, -0.25) is 0 Å². The Morgan fingerprint density at radius 3 is 3.00 bits per heavy atom. The van der Waals surface area contributed by atoms with Crippen LogP contribution in [0.2, 0.25) is 0 Å². The molecule has 66 valence electrons. The highest BCUT2D eigenvalue weighted by Gasteiger charge is 2.35. The second-order valence-electron chi connectivity index (χ2n) is 3.87. The first-order valence-electron chi connectivity index (χ1n) is 4.55. The topological polar surface area (TPSA) is 12.0 Å². The summed E-state index contributed by atoms with van der Waals surface area (Å²) < 4.78 is 0. The molecule has 1 aromatic rings. The van der Waals surface area contributed by atoms with Crippen molar-refractivity contribution in [2.24, 2.45) is 0 Å². The van der Waals surface area contributed by atoms with Crippen molar-refractivity contribution in [3.63, 3.8) is 0 Å². The van der Waals surface area contributed by atoms with E-state index in [2.05, 4.69) is 29.1 Å². The number of hydrogen-bond acceptors (Lipinski definition) is 2. The standard InChI is InChI=1S/C10H15NS/c1-10(4-5-10)11-6-2-9-3-7-12-8-9/h3,7-8,11H,2,4-6H2,1H3. The van der Waals surface area contributed by atoms with Crippen LogP contribution in [0.5, 0.6) is 0 Å². The van der Waals surface area contributed by atoms with Gasteiger partial charge in [0.2, 0.25) is 0 Å². The van der Waals surface area contributed by atoms with Crippen LogP contribution in [0.3, 0.4) is 0 Å². The van der Waals surface area contributed by atoms with Gasteiger partial charge < -0.3 is 5.32 Å². The van der Waals surface area contributed by atoms with E-state index in [9.17, 15) is 0 Å². The quantitative estimate of drug-likeness (QED) is 0.752. The zero-order valence-electron chi connectivity index (χ0n) is 7.47. The lowest BCUT2D eigenvalue weighted by molar-refractivity contribution is 0.541. The van der Waals surface area contributed by atoms with E-state index >= 15 is 0 Å². The molecule has 1 heterocycles. The van der Waals surface area contributed by atoms with Gasteiger partial charge in [0, 0.05) is 5.54 Å². The van der Waals surface area contributed by atoms with Crippen LogP contribution in [-0.2, 0) is 6.42 Å². The van der Waals surface area contributed by atoms with Crippen LogP contribution >= 0.6 is 11.3 Å². The molecular weight excluding hydrogens is 166 g/mol. The number of thiophene rings is 1. The third-order valence-corrected chi connectivity index (χ3v) is 3.28. The molecule has 1 aliphatic rings. The summed E-state index contributed by atoms with van der Waals surface area (Å²) in [6, 6.07) is 2.21. The van der Waals surface area contributed by atoms with E-state index in [1.54, 1.807) is 11.3 Å². The fraction of sp³-hybridized carbons (Fsp3) is 0.600. The molecule has 0 spiro atoms. The highest BCUT2D eigenvalue weighted by molar-refractivity contribution is 7.07. The summed E-state index contributed by atoms with van der Waals surface area (Å²) in [5.41, 5.74) is 1.97. The predicted octanol–water partition coefficient (Wildman–Crippen LogP) is 2.43. The summed E-state index contributed by atoms with van der Waals surface area (Å²) >= 11 is 1.79. The molecule has 1 nitrogen and oxygen atoms in total. The second-order valence-corrected chi connectivity index (χ2v) is 4.65. The zero-order chi connectivity index (χ0) is 8.44. The van der Waals surface area contributed by atoms with Crippen LogP contribution in [0.1, 0.15) is 25.3 Å². The molecule has 0 bridgehead atoms. The highest BCUT2D eigenvalue weighted by atomic mass is 32.1. The maximum Gasteiger partial charge on any atom is 0.0154 e. The van der Waals surface area contributed by atoms with Crippen molar-refractivity contribution in [1.29, 1.82) is 0 Å². The fourth-order valence-electron chi connectivity index (χ4n) is 1.31. The minimum atomic E-state index is 0.496. The molecule has 0 unspecified atom stereocenters. The van der Waals surface area contributed by atoms with Gasteiger partial charge in [-0.1, -0.05) is 0 Å². The van der Waals surface area contributed by atoms with E-state index in [1.165, 1.54) is 24.8 Å². The van der Waals surface area contributed by atoms with E-state index in [1.807, 2.05) is 0 Å². The minimum Gasteiger partial charge on any atom is -0.311 e. The number of hydrogen-bond donors (Lipinski definition) is 1. The van der Waals surface area contributed by atoms with Crippen molar-refractivity contribution in [3.05, 3.63) is 22.4 Å². The van der Waals surface area contributed by atoms with Crippen LogP contribution < -0.4 is 5.32 Å².